The van der Waals surface area contributed by atoms with Crippen LogP contribution in [-0.2, 0) is 0 Å². The molecule has 0 spiro atoms. The van der Waals surface area contributed by atoms with Gasteiger partial charge in [-0.2, -0.15) is 0 Å². The molecule has 0 bridgehead atoms. The highest BCUT2D eigenvalue weighted by atomic mass is 14.2. The number of rotatable bonds is 5. The number of hydrogen-bond donors (Lipinski definition) is 0. The Labute approximate surface area is 187 Å². The first-order chi connectivity index (χ1) is 15.1. The molecule has 0 fully saturated rings. The summed E-state index contributed by atoms with van der Waals surface area (Å²) in [5.74, 6) is 0.940. The zero-order valence-corrected chi connectivity index (χ0v) is 18.7. The van der Waals surface area contributed by atoms with Crippen molar-refractivity contribution in [2.45, 2.75) is 26.7 Å². The van der Waals surface area contributed by atoms with Crippen LogP contribution in [0.15, 0.2) is 104 Å². The van der Waals surface area contributed by atoms with Gasteiger partial charge in [-0.3, -0.25) is 0 Å². The van der Waals surface area contributed by atoms with Gasteiger partial charge in [-0.05, 0) is 70.3 Å². The molecule has 0 aromatic heterocycles. The Kier molecular flexibility index (Phi) is 6.18. The summed E-state index contributed by atoms with van der Waals surface area (Å²) in [6.45, 7) is 10.5. The molecule has 0 aliphatic heterocycles. The third-order valence-electron chi connectivity index (χ3n) is 6.28. The van der Waals surface area contributed by atoms with E-state index in [1.54, 1.807) is 0 Å². The molecule has 0 heteroatoms. The Morgan fingerprint density at radius 3 is 2.26 bits per heavy atom. The molecular formula is C31H30. The molecule has 1 aliphatic rings. The Morgan fingerprint density at radius 2 is 1.48 bits per heavy atom. The van der Waals surface area contributed by atoms with Crippen LogP contribution in [-0.4, -0.2) is 0 Å². The first kappa shape index (κ1) is 20.9. The van der Waals surface area contributed by atoms with Gasteiger partial charge in [0.2, 0.25) is 0 Å². The number of aryl methyl sites for hydroxylation is 2. The normalized spacial score (nSPS) is 17.9. The van der Waals surface area contributed by atoms with Crippen LogP contribution in [0.2, 0.25) is 0 Å². The molecule has 0 amide bonds. The number of allylic oxidation sites excluding steroid dienone is 6. The summed E-state index contributed by atoms with van der Waals surface area (Å²) in [5, 5.41) is 0. The fraction of sp³-hybridized carbons (Fsp3) is 0.161. The van der Waals surface area contributed by atoms with Crippen LogP contribution in [0.4, 0.5) is 0 Å². The summed E-state index contributed by atoms with van der Waals surface area (Å²) in [6, 6.07) is 22.3. The number of hydrogen-bond acceptors (Lipinski definition) is 0. The third kappa shape index (κ3) is 4.39. The molecule has 0 saturated carbocycles. The van der Waals surface area contributed by atoms with Crippen LogP contribution in [0.3, 0.4) is 0 Å². The second-order valence-electron chi connectivity index (χ2n) is 8.44. The predicted molar refractivity (Wildman–Crippen MR) is 136 cm³/mol. The molecule has 4 rings (SSSR count). The van der Waals surface area contributed by atoms with Gasteiger partial charge in [0.1, 0.15) is 0 Å². The summed E-state index contributed by atoms with van der Waals surface area (Å²) in [4.78, 5) is 0. The second-order valence-corrected chi connectivity index (χ2v) is 8.44. The van der Waals surface area contributed by atoms with E-state index in [2.05, 4.69) is 118 Å². The molecule has 2 unspecified atom stereocenters. The van der Waals surface area contributed by atoms with Crippen molar-refractivity contribution in [1.82, 2.24) is 0 Å². The zero-order valence-electron chi connectivity index (χ0n) is 18.7. The minimum Gasteiger partial charge on any atom is -0.0991 e. The molecule has 3 aromatic carbocycles. The second kappa shape index (κ2) is 9.18. The van der Waals surface area contributed by atoms with Gasteiger partial charge in [0.05, 0.1) is 0 Å². The van der Waals surface area contributed by atoms with E-state index in [1.165, 1.54) is 44.5 Å². The molecule has 3 aromatic rings. The molecular weight excluding hydrogens is 372 g/mol. The van der Waals surface area contributed by atoms with E-state index >= 15 is 0 Å². The quantitative estimate of drug-likeness (QED) is 0.374. The summed E-state index contributed by atoms with van der Waals surface area (Å²) < 4.78 is 0. The lowest BCUT2D eigenvalue weighted by atomic mass is 9.81. The van der Waals surface area contributed by atoms with E-state index in [4.69, 9.17) is 0 Å². The summed E-state index contributed by atoms with van der Waals surface area (Å²) in [7, 11) is 0. The summed E-state index contributed by atoms with van der Waals surface area (Å²) in [6.07, 6.45) is 14.9. The van der Waals surface area contributed by atoms with Crippen LogP contribution in [0, 0.1) is 19.8 Å². The van der Waals surface area contributed by atoms with Crippen molar-refractivity contribution in [3.05, 3.63) is 126 Å². The lowest BCUT2D eigenvalue weighted by molar-refractivity contribution is 0.632. The van der Waals surface area contributed by atoms with Crippen molar-refractivity contribution in [1.29, 1.82) is 0 Å². The van der Waals surface area contributed by atoms with Gasteiger partial charge in [-0.25, -0.2) is 0 Å². The largest absolute Gasteiger partial charge is 0.0991 e. The molecule has 0 N–H and O–H groups in total. The van der Waals surface area contributed by atoms with E-state index < -0.39 is 0 Å². The third-order valence-corrected chi connectivity index (χ3v) is 6.28. The van der Waals surface area contributed by atoms with Crippen molar-refractivity contribution in [2.24, 2.45) is 5.92 Å². The summed E-state index contributed by atoms with van der Waals surface area (Å²) in [5.41, 5.74) is 10.3. The maximum Gasteiger partial charge on any atom is 0.00842 e. The Balaban J connectivity index is 1.79. The van der Waals surface area contributed by atoms with Gasteiger partial charge in [0.15, 0.2) is 0 Å². The van der Waals surface area contributed by atoms with Crippen LogP contribution in [0.1, 0.15) is 35.1 Å². The van der Waals surface area contributed by atoms with E-state index in [9.17, 15) is 0 Å². The first-order valence-corrected chi connectivity index (χ1v) is 11.0. The lowest BCUT2D eigenvalue weighted by Crippen LogP contribution is -2.09. The number of benzene rings is 3. The molecule has 2 atom stereocenters. The molecule has 0 nitrogen and oxygen atoms in total. The Morgan fingerprint density at radius 1 is 0.774 bits per heavy atom. The lowest BCUT2D eigenvalue weighted by Gasteiger charge is -2.23. The molecule has 1 aliphatic carbocycles. The molecule has 0 heterocycles. The maximum absolute atomic E-state index is 3.81. The van der Waals surface area contributed by atoms with Gasteiger partial charge >= 0.3 is 0 Å². The van der Waals surface area contributed by atoms with Gasteiger partial charge in [-0.15, -0.1) is 0 Å². The van der Waals surface area contributed by atoms with Crippen LogP contribution < -0.4 is 0 Å². The molecule has 0 radical (unpaired) electrons. The fourth-order valence-corrected chi connectivity index (χ4v) is 4.44. The van der Waals surface area contributed by atoms with Crippen molar-refractivity contribution in [3.63, 3.8) is 0 Å². The minimum atomic E-state index is 0.430. The maximum atomic E-state index is 3.81. The molecule has 154 valence electrons. The van der Waals surface area contributed by atoms with Crippen LogP contribution >= 0.6 is 0 Å². The first-order valence-electron chi connectivity index (χ1n) is 11.0. The van der Waals surface area contributed by atoms with E-state index in [0.717, 1.165) is 0 Å². The van der Waals surface area contributed by atoms with E-state index in [0.29, 0.717) is 11.8 Å². The SMILES string of the molecule is C=C/C=C\c1ccccc1-c1cc(-c2ccc(C)c(C3C=CC=CC3C)c2)ccc1C. The van der Waals surface area contributed by atoms with Gasteiger partial charge in [0, 0.05) is 5.92 Å². The van der Waals surface area contributed by atoms with E-state index in [1.807, 2.05) is 12.2 Å². The van der Waals surface area contributed by atoms with Crippen molar-refractivity contribution in [2.75, 3.05) is 0 Å². The predicted octanol–water partition coefficient (Wildman–Crippen LogP) is 8.68. The standard InChI is InChI=1S/C31H30/c1-5-6-12-25-13-8-10-15-29(25)31-21-27(19-17-24(31)4)26-18-16-23(3)30(20-26)28-14-9-7-11-22(28)2/h5-22,28H,1H2,2-4H3/b12-6-. The Hall–Kier alpha value is -3.38. The zero-order chi connectivity index (χ0) is 21.8. The van der Waals surface area contributed by atoms with E-state index in [-0.39, 0.29) is 0 Å². The smallest absolute Gasteiger partial charge is 0.00842 e. The highest BCUT2D eigenvalue weighted by Gasteiger charge is 2.19. The van der Waals surface area contributed by atoms with Crippen LogP contribution in [0.25, 0.3) is 28.3 Å². The van der Waals surface area contributed by atoms with Crippen molar-refractivity contribution >= 4 is 6.08 Å². The van der Waals surface area contributed by atoms with Crippen molar-refractivity contribution in [3.8, 4) is 22.3 Å². The molecule has 0 saturated heterocycles. The van der Waals surface area contributed by atoms with Gasteiger partial charge < -0.3 is 0 Å². The summed E-state index contributed by atoms with van der Waals surface area (Å²) >= 11 is 0. The van der Waals surface area contributed by atoms with Gasteiger partial charge in [-0.1, -0.05) is 111 Å². The molecule has 31 heavy (non-hydrogen) atoms. The average Bonchev–Trinajstić information content (AvgIpc) is 2.79. The Bertz CT molecular complexity index is 1190. The topological polar surface area (TPSA) is 0 Å². The van der Waals surface area contributed by atoms with Crippen molar-refractivity contribution < 1.29 is 0 Å². The highest BCUT2D eigenvalue weighted by Crippen LogP contribution is 2.36. The van der Waals surface area contributed by atoms with Crippen LogP contribution in [0.5, 0.6) is 0 Å². The fourth-order valence-electron chi connectivity index (χ4n) is 4.44. The monoisotopic (exact) mass is 402 g/mol. The van der Waals surface area contributed by atoms with Gasteiger partial charge in [0.25, 0.3) is 0 Å². The minimum absolute atomic E-state index is 0.430. The highest BCUT2D eigenvalue weighted by molar-refractivity contribution is 5.81. The average molecular weight is 403 g/mol.